The van der Waals surface area contributed by atoms with Crippen LogP contribution in [-0.4, -0.2) is 5.78 Å². The maximum Gasteiger partial charge on any atom is 0.193 e. The zero-order valence-electron chi connectivity index (χ0n) is 21.8. The molecule has 3 aromatic carbocycles. The molecule has 0 heterocycles. The maximum atomic E-state index is 12.9. The number of ketones is 1. The average Bonchev–Trinajstić information content (AvgIpc) is 2.85. The summed E-state index contributed by atoms with van der Waals surface area (Å²) in [6.07, 6.45) is 12.5. The summed E-state index contributed by atoms with van der Waals surface area (Å²) in [7, 11) is 0. The van der Waals surface area contributed by atoms with Crippen LogP contribution in [0.5, 0.6) is 0 Å². The molecule has 0 atom stereocenters. The second-order valence-corrected chi connectivity index (χ2v) is 9.83. The van der Waals surface area contributed by atoms with Crippen molar-refractivity contribution < 1.29 is 4.79 Å². The van der Waals surface area contributed by atoms with Crippen LogP contribution < -0.4 is 0 Å². The standard InChI is InChI=1S/C33H42O/c1-5-7-9-11-13-30-24-32(31(23-26(30)4)14-12-10-8-6-2)27-19-21-29(22-20-27)33(34)28-17-15-25(3)16-18-28/h15-24H,5-14H2,1-4H3. The fourth-order valence-electron chi connectivity index (χ4n) is 4.71. The van der Waals surface area contributed by atoms with Crippen LogP contribution in [0, 0.1) is 13.8 Å². The van der Waals surface area contributed by atoms with Gasteiger partial charge in [-0.15, -0.1) is 0 Å². The Balaban J connectivity index is 1.86. The molecular formula is C33H42O. The van der Waals surface area contributed by atoms with Crippen LogP contribution in [0.1, 0.15) is 103 Å². The van der Waals surface area contributed by atoms with Gasteiger partial charge in [-0.25, -0.2) is 0 Å². The number of carbonyl (C=O) groups is 1. The van der Waals surface area contributed by atoms with E-state index >= 15 is 0 Å². The van der Waals surface area contributed by atoms with E-state index < -0.39 is 0 Å². The Labute approximate surface area is 207 Å². The molecule has 0 saturated heterocycles. The first kappa shape index (κ1) is 25.9. The third-order valence-electron chi connectivity index (χ3n) is 6.93. The molecule has 0 aliphatic carbocycles. The van der Waals surface area contributed by atoms with Gasteiger partial charge in [0, 0.05) is 11.1 Å². The van der Waals surface area contributed by atoms with Crippen molar-refractivity contribution in [2.45, 2.75) is 91.9 Å². The fraction of sp³-hybridized carbons (Fsp3) is 0.424. The highest BCUT2D eigenvalue weighted by Gasteiger charge is 2.13. The second-order valence-electron chi connectivity index (χ2n) is 9.83. The molecule has 0 N–H and O–H groups in total. The highest BCUT2D eigenvalue weighted by molar-refractivity contribution is 6.09. The first-order valence-electron chi connectivity index (χ1n) is 13.4. The first-order chi connectivity index (χ1) is 16.5. The van der Waals surface area contributed by atoms with Gasteiger partial charge >= 0.3 is 0 Å². The summed E-state index contributed by atoms with van der Waals surface area (Å²) in [5, 5.41) is 0. The molecule has 0 unspecified atom stereocenters. The minimum Gasteiger partial charge on any atom is -0.289 e. The van der Waals surface area contributed by atoms with Crippen LogP contribution in [-0.2, 0) is 12.8 Å². The van der Waals surface area contributed by atoms with Gasteiger partial charge in [0.25, 0.3) is 0 Å². The Morgan fingerprint density at radius 1 is 0.618 bits per heavy atom. The minimum absolute atomic E-state index is 0.0897. The molecule has 0 radical (unpaired) electrons. The normalized spacial score (nSPS) is 11.1. The first-order valence-corrected chi connectivity index (χ1v) is 13.4. The van der Waals surface area contributed by atoms with Gasteiger partial charge in [-0.1, -0.05) is 119 Å². The van der Waals surface area contributed by atoms with Gasteiger partial charge in [0.05, 0.1) is 0 Å². The van der Waals surface area contributed by atoms with Crippen LogP contribution in [0.3, 0.4) is 0 Å². The quantitative estimate of drug-likeness (QED) is 0.186. The maximum absolute atomic E-state index is 12.9. The van der Waals surface area contributed by atoms with Crippen LogP contribution in [0.15, 0.2) is 60.7 Å². The summed E-state index contributed by atoms with van der Waals surface area (Å²) in [5.74, 6) is 0.0897. The molecule has 3 aromatic rings. The van der Waals surface area contributed by atoms with Crippen LogP contribution in [0.25, 0.3) is 11.1 Å². The predicted molar refractivity (Wildman–Crippen MR) is 147 cm³/mol. The summed E-state index contributed by atoms with van der Waals surface area (Å²) in [5.41, 5.74) is 9.60. The van der Waals surface area contributed by atoms with E-state index in [-0.39, 0.29) is 5.78 Å². The molecule has 180 valence electrons. The third kappa shape index (κ3) is 7.16. The Morgan fingerprint density at radius 3 is 1.71 bits per heavy atom. The Morgan fingerprint density at radius 2 is 1.15 bits per heavy atom. The van der Waals surface area contributed by atoms with Crippen LogP contribution in [0.4, 0.5) is 0 Å². The topological polar surface area (TPSA) is 17.1 Å². The van der Waals surface area contributed by atoms with Crippen molar-refractivity contribution >= 4 is 5.78 Å². The smallest absolute Gasteiger partial charge is 0.193 e. The molecular weight excluding hydrogens is 412 g/mol. The van der Waals surface area contributed by atoms with E-state index in [0.717, 1.165) is 24.0 Å². The van der Waals surface area contributed by atoms with Gasteiger partial charge < -0.3 is 0 Å². The molecule has 0 bridgehead atoms. The molecule has 34 heavy (non-hydrogen) atoms. The van der Waals surface area contributed by atoms with Crippen LogP contribution in [0.2, 0.25) is 0 Å². The van der Waals surface area contributed by atoms with E-state index in [2.05, 4.69) is 45.0 Å². The average molecular weight is 455 g/mol. The molecule has 0 spiro atoms. The highest BCUT2D eigenvalue weighted by atomic mass is 16.1. The van der Waals surface area contributed by atoms with Crippen molar-refractivity contribution in [3.63, 3.8) is 0 Å². The van der Waals surface area contributed by atoms with E-state index in [1.54, 1.807) is 0 Å². The van der Waals surface area contributed by atoms with Crippen molar-refractivity contribution in [2.75, 3.05) is 0 Å². The van der Waals surface area contributed by atoms with Gasteiger partial charge in [0.1, 0.15) is 0 Å². The van der Waals surface area contributed by atoms with Gasteiger partial charge in [0.15, 0.2) is 5.78 Å². The molecule has 1 heteroatoms. The molecule has 3 rings (SSSR count). The molecule has 0 amide bonds. The zero-order chi connectivity index (χ0) is 24.3. The molecule has 0 saturated carbocycles. The van der Waals surface area contributed by atoms with E-state index in [0.29, 0.717) is 0 Å². The van der Waals surface area contributed by atoms with Crippen molar-refractivity contribution in [1.29, 1.82) is 0 Å². The summed E-state index contributed by atoms with van der Waals surface area (Å²) in [6, 6.07) is 21.0. The monoisotopic (exact) mass is 454 g/mol. The fourth-order valence-corrected chi connectivity index (χ4v) is 4.71. The predicted octanol–water partition coefficient (Wildman–Crippen LogP) is 9.45. The van der Waals surface area contributed by atoms with Gasteiger partial charge in [-0.05, 0) is 67.3 Å². The number of unbranched alkanes of at least 4 members (excludes halogenated alkanes) is 6. The lowest BCUT2D eigenvalue weighted by Crippen LogP contribution is -2.01. The molecule has 0 aromatic heterocycles. The largest absolute Gasteiger partial charge is 0.289 e. The van der Waals surface area contributed by atoms with E-state index in [4.69, 9.17) is 0 Å². The highest BCUT2D eigenvalue weighted by Crippen LogP contribution is 2.30. The van der Waals surface area contributed by atoms with E-state index in [1.807, 2.05) is 43.3 Å². The lowest BCUT2D eigenvalue weighted by molar-refractivity contribution is 0.103. The Bertz CT molecular complexity index is 1040. The Kier molecular flexibility index (Phi) is 10.1. The number of benzene rings is 3. The molecule has 1 nitrogen and oxygen atoms in total. The summed E-state index contributed by atoms with van der Waals surface area (Å²) in [4.78, 5) is 12.9. The molecule has 0 fully saturated rings. The van der Waals surface area contributed by atoms with Crippen molar-refractivity contribution in [1.82, 2.24) is 0 Å². The third-order valence-corrected chi connectivity index (χ3v) is 6.93. The summed E-state index contributed by atoms with van der Waals surface area (Å²) < 4.78 is 0. The minimum atomic E-state index is 0.0897. The molecule has 0 aliphatic heterocycles. The lowest BCUT2D eigenvalue weighted by Gasteiger charge is -2.16. The van der Waals surface area contributed by atoms with E-state index in [1.165, 1.54) is 84.7 Å². The number of aryl methyl sites for hydroxylation is 4. The molecule has 0 aliphatic rings. The number of hydrogen-bond acceptors (Lipinski definition) is 1. The van der Waals surface area contributed by atoms with Crippen molar-refractivity contribution in [3.8, 4) is 11.1 Å². The SMILES string of the molecule is CCCCCCc1cc(-c2ccc(C(=O)c3ccc(C)cc3)cc2)c(CCCCCC)cc1C. The summed E-state index contributed by atoms with van der Waals surface area (Å²) >= 11 is 0. The van der Waals surface area contributed by atoms with E-state index in [9.17, 15) is 4.79 Å². The second kappa shape index (κ2) is 13.3. The van der Waals surface area contributed by atoms with Gasteiger partial charge in [0.2, 0.25) is 0 Å². The van der Waals surface area contributed by atoms with Crippen molar-refractivity contribution in [3.05, 3.63) is 94.0 Å². The zero-order valence-corrected chi connectivity index (χ0v) is 21.8. The van der Waals surface area contributed by atoms with Crippen molar-refractivity contribution in [2.24, 2.45) is 0 Å². The van der Waals surface area contributed by atoms with Crippen LogP contribution >= 0.6 is 0 Å². The lowest BCUT2D eigenvalue weighted by atomic mass is 9.89. The number of rotatable bonds is 13. The van der Waals surface area contributed by atoms with Gasteiger partial charge in [-0.3, -0.25) is 4.79 Å². The van der Waals surface area contributed by atoms with Gasteiger partial charge in [-0.2, -0.15) is 0 Å². The Hall–Kier alpha value is -2.67. The summed E-state index contributed by atoms with van der Waals surface area (Å²) in [6.45, 7) is 8.85. The number of hydrogen-bond donors (Lipinski definition) is 0. The number of carbonyl (C=O) groups excluding carboxylic acids is 1.